The molecule has 0 saturated heterocycles. The molecule has 1 aromatic heterocycles. The molecule has 1 N–H and O–H groups in total. The largest absolute Gasteiger partial charge is 0.374 e. The van der Waals surface area contributed by atoms with E-state index in [9.17, 15) is 0 Å². The van der Waals surface area contributed by atoms with Crippen molar-refractivity contribution in [2.45, 2.75) is 12.8 Å². The van der Waals surface area contributed by atoms with E-state index in [0.29, 0.717) is 0 Å². The van der Waals surface area contributed by atoms with Crippen LogP contribution >= 0.6 is 11.3 Å². The monoisotopic (exact) mass is 295 g/mol. The third kappa shape index (κ3) is 2.36. The van der Waals surface area contributed by atoms with Gasteiger partial charge < -0.3 is 10.2 Å². The smallest absolute Gasteiger partial charge is 0.188 e. The van der Waals surface area contributed by atoms with Gasteiger partial charge in [-0.05, 0) is 42.7 Å². The highest BCUT2D eigenvalue weighted by atomic mass is 32.1. The highest BCUT2D eigenvalue weighted by molar-refractivity contribution is 7.22. The van der Waals surface area contributed by atoms with Crippen LogP contribution in [0.5, 0.6) is 0 Å². The highest BCUT2D eigenvalue weighted by Crippen LogP contribution is 2.35. The van der Waals surface area contributed by atoms with E-state index in [2.05, 4.69) is 41.5 Å². The minimum Gasteiger partial charge on any atom is -0.374 e. The molecule has 0 spiro atoms. The highest BCUT2D eigenvalue weighted by Gasteiger charge is 2.16. The minimum atomic E-state index is 0.959. The molecule has 3 aromatic rings. The van der Waals surface area contributed by atoms with Gasteiger partial charge >= 0.3 is 0 Å². The number of nitrogens with one attached hydrogen (secondary N) is 1. The molecule has 1 aliphatic heterocycles. The molecule has 106 valence electrons. The van der Waals surface area contributed by atoms with Crippen LogP contribution in [0.25, 0.3) is 10.2 Å². The number of nitrogens with zero attached hydrogens (tertiary/aromatic N) is 2. The summed E-state index contributed by atoms with van der Waals surface area (Å²) in [7, 11) is 2.17. The summed E-state index contributed by atoms with van der Waals surface area (Å²) in [6, 6.07) is 14.8. The molecule has 4 heteroatoms. The maximum Gasteiger partial charge on any atom is 0.188 e. The number of fused-ring (bicyclic) bond motifs is 2. The first-order valence-corrected chi connectivity index (χ1v) is 8.08. The lowest BCUT2D eigenvalue weighted by atomic mass is 10.0. The van der Waals surface area contributed by atoms with Crippen LogP contribution in [-0.2, 0) is 6.42 Å². The summed E-state index contributed by atoms with van der Waals surface area (Å²) in [5.74, 6) is 0. The molecule has 0 aliphatic carbocycles. The normalized spacial score (nSPS) is 14.2. The second kappa shape index (κ2) is 5.04. The summed E-state index contributed by atoms with van der Waals surface area (Å²) in [5, 5.41) is 4.35. The van der Waals surface area contributed by atoms with E-state index in [1.807, 2.05) is 18.2 Å². The van der Waals surface area contributed by atoms with Crippen LogP contribution in [0.15, 0.2) is 42.5 Å². The fourth-order valence-corrected chi connectivity index (χ4v) is 3.82. The van der Waals surface area contributed by atoms with E-state index in [1.54, 1.807) is 11.3 Å². The molecular formula is C17H17N3S. The van der Waals surface area contributed by atoms with Crippen LogP contribution < -0.4 is 10.2 Å². The number of aryl methyl sites for hydroxylation is 1. The zero-order chi connectivity index (χ0) is 14.2. The second-order valence-electron chi connectivity index (χ2n) is 5.48. The Kier molecular flexibility index (Phi) is 3.04. The van der Waals surface area contributed by atoms with Gasteiger partial charge in [-0.25, -0.2) is 4.98 Å². The molecule has 0 bridgehead atoms. The van der Waals surface area contributed by atoms with E-state index in [0.717, 1.165) is 22.9 Å². The molecule has 0 fully saturated rings. The maximum absolute atomic E-state index is 4.73. The van der Waals surface area contributed by atoms with E-state index >= 15 is 0 Å². The Morgan fingerprint density at radius 2 is 2.05 bits per heavy atom. The lowest BCUT2D eigenvalue weighted by molar-refractivity contribution is 0.746. The van der Waals surface area contributed by atoms with Gasteiger partial charge in [0.05, 0.1) is 10.2 Å². The lowest BCUT2D eigenvalue weighted by Gasteiger charge is -2.27. The molecule has 3 nitrogen and oxygen atoms in total. The Bertz CT molecular complexity index is 779. The van der Waals surface area contributed by atoms with Crippen LogP contribution in [0.3, 0.4) is 0 Å². The van der Waals surface area contributed by atoms with Crippen LogP contribution in [0.2, 0.25) is 0 Å². The number of hydrogen-bond acceptors (Lipinski definition) is 4. The van der Waals surface area contributed by atoms with Gasteiger partial charge in [0.2, 0.25) is 0 Å². The Hall–Kier alpha value is -2.07. The molecule has 0 radical (unpaired) electrons. The van der Waals surface area contributed by atoms with E-state index in [1.165, 1.54) is 28.8 Å². The molecular weight excluding hydrogens is 278 g/mol. The zero-order valence-corrected chi connectivity index (χ0v) is 12.8. The maximum atomic E-state index is 4.73. The summed E-state index contributed by atoms with van der Waals surface area (Å²) < 4.78 is 1.27. The molecule has 1 aliphatic rings. The average Bonchev–Trinajstić information content (AvgIpc) is 2.88. The van der Waals surface area contributed by atoms with Gasteiger partial charge in [-0.1, -0.05) is 29.5 Å². The van der Waals surface area contributed by atoms with Gasteiger partial charge in [0.1, 0.15) is 0 Å². The summed E-state index contributed by atoms with van der Waals surface area (Å²) >= 11 is 1.73. The third-order valence-electron chi connectivity index (χ3n) is 3.96. The number of anilines is 3. The Labute approximate surface area is 128 Å². The number of hydrogen-bond donors (Lipinski definition) is 1. The van der Waals surface area contributed by atoms with Gasteiger partial charge in [0.15, 0.2) is 5.13 Å². The Morgan fingerprint density at radius 1 is 1.19 bits per heavy atom. The van der Waals surface area contributed by atoms with E-state index in [-0.39, 0.29) is 0 Å². The summed E-state index contributed by atoms with van der Waals surface area (Å²) in [4.78, 5) is 7.07. The van der Waals surface area contributed by atoms with Crippen molar-refractivity contribution in [2.75, 3.05) is 23.8 Å². The average molecular weight is 295 g/mol. The van der Waals surface area contributed by atoms with Crippen molar-refractivity contribution in [1.29, 1.82) is 0 Å². The molecule has 0 unspecified atom stereocenters. The number of rotatable bonds is 2. The standard InChI is InChI=1S/C17H17N3S/c1-20-9-5-6-12-10-16-14(11-15(12)20)19-17(21-16)18-13-7-3-2-4-8-13/h2-4,7-8,10-11H,5-6,9H2,1H3,(H,18,19). The van der Waals surface area contributed by atoms with E-state index in [4.69, 9.17) is 4.98 Å². The first-order chi connectivity index (χ1) is 10.3. The number of thiazole rings is 1. The second-order valence-corrected chi connectivity index (χ2v) is 6.51. The van der Waals surface area contributed by atoms with Crippen LogP contribution in [0.1, 0.15) is 12.0 Å². The molecule has 2 aromatic carbocycles. The fourth-order valence-electron chi connectivity index (χ4n) is 2.89. The Morgan fingerprint density at radius 3 is 2.90 bits per heavy atom. The van der Waals surface area contributed by atoms with Crippen LogP contribution in [0, 0.1) is 0 Å². The van der Waals surface area contributed by atoms with Gasteiger partial charge in [0, 0.05) is 25.0 Å². The lowest BCUT2D eigenvalue weighted by Crippen LogP contribution is -2.24. The molecule has 21 heavy (non-hydrogen) atoms. The molecule has 0 atom stereocenters. The molecule has 0 saturated carbocycles. The summed E-state index contributed by atoms with van der Waals surface area (Å²) in [5.41, 5.74) is 4.96. The van der Waals surface area contributed by atoms with Gasteiger partial charge in [-0.3, -0.25) is 0 Å². The van der Waals surface area contributed by atoms with Crippen molar-refractivity contribution in [3.63, 3.8) is 0 Å². The van der Waals surface area contributed by atoms with Crippen molar-refractivity contribution >= 4 is 38.1 Å². The number of benzene rings is 2. The molecule has 0 amide bonds. The molecule has 2 heterocycles. The fraction of sp³-hybridized carbons (Fsp3) is 0.235. The van der Waals surface area contributed by atoms with Gasteiger partial charge in [0.25, 0.3) is 0 Å². The molecule has 4 rings (SSSR count). The van der Waals surface area contributed by atoms with Crippen molar-refractivity contribution in [3.8, 4) is 0 Å². The SMILES string of the molecule is CN1CCCc2cc3sc(Nc4ccccc4)nc3cc21. The summed E-state index contributed by atoms with van der Waals surface area (Å²) in [6.07, 6.45) is 2.41. The van der Waals surface area contributed by atoms with Crippen molar-refractivity contribution in [3.05, 3.63) is 48.0 Å². The minimum absolute atomic E-state index is 0.959. The Balaban J connectivity index is 1.73. The van der Waals surface area contributed by atoms with Crippen molar-refractivity contribution < 1.29 is 0 Å². The first kappa shape index (κ1) is 12.7. The third-order valence-corrected chi connectivity index (χ3v) is 4.90. The van der Waals surface area contributed by atoms with Gasteiger partial charge in [-0.2, -0.15) is 0 Å². The number of aromatic nitrogens is 1. The zero-order valence-electron chi connectivity index (χ0n) is 12.0. The predicted octanol–water partition coefficient (Wildman–Crippen LogP) is 4.42. The van der Waals surface area contributed by atoms with Crippen LogP contribution in [-0.4, -0.2) is 18.6 Å². The quantitative estimate of drug-likeness (QED) is 0.758. The predicted molar refractivity (Wildman–Crippen MR) is 90.9 cm³/mol. The topological polar surface area (TPSA) is 28.2 Å². The summed E-state index contributed by atoms with van der Waals surface area (Å²) in [6.45, 7) is 1.14. The van der Waals surface area contributed by atoms with Crippen molar-refractivity contribution in [2.24, 2.45) is 0 Å². The van der Waals surface area contributed by atoms with Crippen LogP contribution in [0.4, 0.5) is 16.5 Å². The first-order valence-electron chi connectivity index (χ1n) is 7.26. The van der Waals surface area contributed by atoms with E-state index < -0.39 is 0 Å². The number of para-hydroxylation sites is 1. The van der Waals surface area contributed by atoms with Crippen molar-refractivity contribution in [1.82, 2.24) is 4.98 Å². The van der Waals surface area contributed by atoms with Gasteiger partial charge in [-0.15, -0.1) is 0 Å².